The lowest BCUT2D eigenvalue weighted by atomic mass is 10.0. The monoisotopic (exact) mass is 382 g/mol. The molecule has 2 aromatic rings. The van der Waals surface area contributed by atoms with Crippen LogP contribution in [0.15, 0.2) is 60.3 Å². The van der Waals surface area contributed by atoms with Crippen LogP contribution in [0, 0.1) is 0 Å². The van der Waals surface area contributed by atoms with E-state index in [9.17, 15) is 9.59 Å². The predicted molar refractivity (Wildman–Crippen MR) is 108 cm³/mol. The highest BCUT2D eigenvalue weighted by atomic mass is 35.5. The number of benzene rings is 2. The van der Waals surface area contributed by atoms with Crippen LogP contribution < -0.4 is 5.32 Å². The van der Waals surface area contributed by atoms with Gasteiger partial charge in [-0.05, 0) is 61.6 Å². The fraction of sp³-hybridized carbons (Fsp3) is 0.273. The first kappa shape index (κ1) is 19.2. The third-order valence-electron chi connectivity index (χ3n) is 4.78. The molecule has 1 aliphatic rings. The number of hydrogen-bond donors (Lipinski definition) is 1. The number of piperidine rings is 1. The summed E-state index contributed by atoms with van der Waals surface area (Å²) in [5.41, 5.74) is 2.47. The van der Waals surface area contributed by atoms with E-state index in [1.165, 1.54) is 0 Å². The van der Waals surface area contributed by atoms with Gasteiger partial charge in [-0.2, -0.15) is 0 Å². The van der Waals surface area contributed by atoms with Gasteiger partial charge in [-0.1, -0.05) is 41.9 Å². The van der Waals surface area contributed by atoms with Gasteiger partial charge < -0.3 is 10.2 Å². The molecular weight excluding hydrogens is 360 g/mol. The van der Waals surface area contributed by atoms with Gasteiger partial charge >= 0.3 is 0 Å². The molecule has 0 radical (unpaired) electrons. The predicted octanol–water partition coefficient (Wildman–Crippen LogP) is 4.51. The minimum atomic E-state index is -0.317. The maximum absolute atomic E-state index is 13.2. The molecule has 5 heteroatoms. The molecular formula is C22H23ClN2O2. The van der Waals surface area contributed by atoms with E-state index in [4.69, 9.17) is 11.6 Å². The lowest BCUT2D eigenvalue weighted by molar-refractivity contribution is -0.128. The molecule has 1 saturated heterocycles. The van der Waals surface area contributed by atoms with Crippen LogP contribution in [0.2, 0.25) is 5.02 Å². The Morgan fingerprint density at radius 3 is 2.15 bits per heavy atom. The number of carbonyl (C=O) groups is 2. The molecule has 1 heterocycles. The zero-order chi connectivity index (χ0) is 19.2. The van der Waals surface area contributed by atoms with E-state index in [0.717, 1.165) is 43.5 Å². The van der Waals surface area contributed by atoms with Crippen LogP contribution in [0.25, 0.3) is 5.57 Å². The van der Waals surface area contributed by atoms with Crippen LogP contribution in [-0.4, -0.2) is 29.8 Å². The van der Waals surface area contributed by atoms with E-state index in [0.29, 0.717) is 16.3 Å². The van der Waals surface area contributed by atoms with Crippen LogP contribution in [0.4, 0.5) is 0 Å². The van der Waals surface area contributed by atoms with Gasteiger partial charge in [0.25, 0.3) is 11.8 Å². The van der Waals surface area contributed by atoms with E-state index in [-0.39, 0.29) is 11.8 Å². The summed E-state index contributed by atoms with van der Waals surface area (Å²) < 4.78 is 0. The van der Waals surface area contributed by atoms with Gasteiger partial charge in [0.05, 0.1) is 0 Å². The summed E-state index contributed by atoms with van der Waals surface area (Å²) in [5.74, 6) is -0.444. The number of nitrogens with one attached hydrogen (secondary N) is 1. The van der Waals surface area contributed by atoms with Gasteiger partial charge in [0.2, 0.25) is 0 Å². The van der Waals surface area contributed by atoms with E-state index in [1.807, 2.05) is 42.2 Å². The quantitative estimate of drug-likeness (QED) is 0.790. The minimum Gasteiger partial charge on any atom is -0.337 e. The van der Waals surface area contributed by atoms with Crippen molar-refractivity contribution in [1.29, 1.82) is 0 Å². The molecule has 2 amide bonds. The number of allylic oxidation sites excluding steroid dienone is 1. The van der Waals surface area contributed by atoms with Crippen LogP contribution in [0.5, 0.6) is 0 Å². The first-order valence-electron chi connectivity index (χ1n) is 9.19. The van der Waals surface area contributed by atoms with Gasteiger partial charge in [-0.25, -0.2) is 0 Å². The van der Waals surface area contributed by atoms with Crippen molar-refractivity contribution in [2.24, 2.45) is 0 Å². The highest BCUT2D eigenvalue weighted by molar-refractivity contribution is 6.30. The smallest absolute Gasteiger partial charge is 0.270 e. The van der Waals surface area contributed by atoms with E-state index in [1.54, 1.807) is 24.3 Å². The third-order valence-corrected chi connectivity index (χ3v) is 5.04. The molecule has 1 fully saturated rings. The normalized spacial score (nSPS) is 15.1. The number of hydrogen-bond acceptors (Lipinski definition) is 2. The Balaban J connectivity index is 1.93. The SMILES string of the molecule is C/C(=C(/NC(=O)c1ccc(Cl)cc1)C(=O)N1CCCCC1)c1ccccc1. The molecule has 0 atom stereocenters. The van der Waals surface area contributed by atoms with Gasteiger partial charge in [-0.3, -0.25) is 9.59 Å². The number of nitrogens with zero attached hydrogens (tertiary/aromatic N) is 1. The zero-order valence-electron chi connectivity index (χ0n) is 15.4. The summed E-state index contributed by atoms with van der Waals surface area (Å²) in [6, 6.07) is 16.3. The summed E-state index contributed by atoms with van der Waals surface area (Å²) in [4.78, 5) is 27.7. The number of carbonyl (C=O) groups excluding carboxylic acids is 2. The molecule has 0 saturated carbocycles. The van der Waals surface area contributed by atoms with Crippen LogP contribution in [0.1, 0.15) is 42.1 Å². The summed E-state index contributed by atoms with van der Waals surface area (Å²) in [6.07, 6.45) is 3.13. The molecule has 0 aromatic heterocycles. The molecule has 27 heavy (non-hydrogen) atoms. The Morgan fingerprint density at radius 1 is 0.889 bits per heavy atom. The van der Waals surface area contributed by atoms with E-state index >= 15 is 0 Å². The van der Waals surface area contributed by atoms with E-state index in [2.05, 4.69) is 5.32 Å². The summed E-state index contributed by atoms with van der Waals surface area (Å²) in [5, 5.41) is 3.42. The van der Waals surface area contributed by atoms with Crippen molar-refractivity contribution in [2.75, 3.05) is 13.1 Å². The largest absolute Gasteiger partial charge is 0.337 e. The first-order valence-corrected chi connectivity index (χ1v) is 9.56. The zero-order valence-corrected chi connectivity index (χ0v) is 16.1. The number of halogens is 1. The second kappa shape index (κ2) is 8.87. The standard InChI is InChI=1S/C22H23ClN2O2/c1-16(17-8-4-2-5-9-17)20(22(27)25-14-6-3-7-15-25)24-21(26)18-10-12-19(23)13-11-18/h2,4-5,8-13H,3,6-7,14-15H2,1H3,(H,24,26)/b20-16-. The fourth-order valence-electron chi connectivity index (χ4n) is 3.18. The van der Waals surface area contributed by atoms with Crippen LogP contribution in [-0.2, 0) is 4.79 Å². The van der Waals surface area contributed by atoms with Crippen molar-refractivity contribution in [1.82, 2.24) is 10.2 Å². The van der Waals surface area contributed by atoms with Crippen molar-refractivity contribution < 1.29 is 9.59 Å². The van der Waals surface area contributed by atoms with Gasteiger partial charge in [0, 0.05) is 23.7 Å². The first-order chi connectivity index (χ1) is 13.1. The molecule has 0 unspecified atom stereocenters. The number of amides is 2. The Labute approximate surface area is 164 Å². The summed E-state index contributed by atoms with van der Waals surface area (Å²) in [6.45, 7) is 3.32. The second-order valence-electron chi connectivity index (χ2n) is 6.68. The van der Waals surface area contributed by atoms with Crippen molar-refractivity contribution >= 4 is 29.0 Å². The molecule has 140 valence electrons. The Morgan fingerprint density at radius 2 is 1.52 bits per heavy atom. The minimum absolute atomic E-state index is 0.127. The molecule has 0 spiro atoms. The Bertz CT molecular complexity index is 838. The van der Waals surface area contributed by atoms with Crippen molar-refractivity contribution in [3.63, 3.8) is 0 Å². The van der Waals surface area contributed by atoms with Crippen LogP contribution in [0.3, 0.4) is 0 Å². The molecule has 0 aliphatic carbocycles. The average molecular weight is 383 g/mol. The van der Waals surface area contributed by atoms with Gasteiger partial charge in [0.1, 0.15) is 5.70 Å². The van der Waals surface area contributed by atoms with Crippen molar-refractivity contribution in [3.8, 4) is 0 Å². The maximum Gasteiger partial charge on any atom is 0.270 e. The van der Waals surface area contributed by atoms with Gasteiger partial charge in [-0.15, -0.1) is 0 Å². The number of rotatable bonds is 4. The van der Waals surface area contributed by atoms with Gasteiger partial charge in [0.15, 0.2) is 0 Å². The molecule has 0 bridgehead atoms. The average Bonchev–Trinajstić information content (AvgIpc) is 2.72. The summed E-state index contributed by atoms with van der Waals surface area (Å²) in [7, 11) is 0. The van der Waals surface area contributed by atoms with Crippen molar-refractivity contribution in [2.45, 2.75) is 26.2 Å². The number of likely N-dealkylation sites (tertiary alicyclic amines) is 1. The molecule has 4 nitrogen and oxygen atoms in total. The van der Waals surface area contributed by atoms with Crippen LogP contribution >= 0.6 is 11.6 Å². The lowest BCUT2D eigenvalue weighted by Gasteiger charge is -2.28. The summed E-state index contributed by atoms with van der Waals surface area (Å²) >= 11 is 5.90. The maximum atomic E-state index is 13.2. The molecule has 3 rings (SSSR count). The second-order valence-corrected chi connectivity index (χ2v) is 7.12. The Hall–Kier alpha value is -2.59. The third kappa shape index (κ3) is 4.77. The Kier molecular flexibility index (Phi) is 6.30. The fourth-order valence-corrected chi connectivity index (χ4v) is 3.31. The molecule has 1 aliphatic heterocycles. The lowest BCUT2D eigenvalue weighted by Crippen LogP contribution is -2.41. The van der Waals surface area contributed by atoms with E-state index < -0.39 is 0 Å². The topological polar surface area (TPSA) is 49.4 Å². The van der Waals surface area contributed by atoms with Crippen molar-refractivity contribution in [3.05, 3.63) is 76.4 Å². The molecule has 2 aromatic carbocycles. The molecule has 1 N–H and O–H groups in total. The highest BCUT2D eigenvalue weighted by Crippen LogP contribution is 2.21. The highest BCUT2D eigenvalue weighted by Gasteiger charge is 2.24.